The summed E-state index contributed by atoms with van der Waals surface area (Å²) < 4.78 is 2.66. The first kappa shape index (κ1) is 12.3. The zero-order valence-electron chi connectivity index (χ0n) is 9.76. The second-order valence-electron chi connectivity index (χ2n) is 3.92. The van der Waals surface area contributed by atoms with E-state index in [0.29, 0.717) is 12.1 Å². The summed E-state index contributed by atoms with van der Waals surface area (Å²) in [7, 11) is 0. The van der Waals surface area contributed by atoms with E-state index in [4.69, 9.17) is 0 Å². The first-order valence-electron chi connectivity index (χ1n) is 5.49. The van der Waals surface area contributed by atoms with Gasteiger partial charge in [0.15, 0.2) is 0 Å². The van der Waals surface area contributed by atoms with Gasteiger partial charge in [-0.3, -0.25) is 0 Å². The second kappa shape index (κ2) is 4.98. The number of hydrogen-bond donors (Lipinski definition) is 1. The normalized spacial score (nSPS) is 12.7. The molecule has 0 spiro atoms. The van der Waals surface area contributed by atoms with Crippen molar-refractivity contribution < 1.29 is 5.11 Å². The van der Waals surface area contributed by atoms with Gasteiger partial charge >= 0.3 is 0 Å². The maximum absolute atomic E-state index is 9.69. The molecule has 0 saturated carbocycles. The van der Waals surface area contributed by atoms with Crippen LogP contribution < -0.4 is 0 Å². The first-order valence-corrected chi connectivity index (χ1v) is 6.28. The number of halogens is 1. The highest BCUT2D eigenvalue weighted by Crippen LogP contribution is 2.24. The van der Waals surface area contributed by atoms with Crippen LogP contribution in [0.25, 0.3) is 5.69 Å². The van der Waals surface area contributed by atoms with Gasteiger partial charge in [0.05, 0.1) is 18.0 Å². The van der Waals surface area contributed by atoms with Gasteiger partial charge in [-0.1, -0.05) is 24.3 Å². The van der Waals surface area contributed by atoms with Crippen molar-refractivity contribution in [2.45, 2.75) is 26.4 Å². The van der Waals surface area contributed by atoms with Crippen LogP contribution in [0.3, 0.4) is 0 Å². The average Bonchev–Trinajstić information content (AvgIpc) is 2.81. The Labute approximate surface area is 108 Å². The van der Waals surface area contributed by atoms with E-state index < -0.39 is 6.10 Å². The van der Waals surface area contributed by atoms with Gasteiger partial charge in [0.25, 0.3) is 0 Å². The molecule has 1 unspecified atom stereocenters. The van der Waals surface area contributed by atoms with Crippen molar-refractivity contribution in [3.63, 3.8) is 0 Å². The minimum absolute atomic E-state index is 0.549. The van der Waals surface area contributed by atoms with Crippen molar-refractivity contribution in [3.05, 3.63) is 40.1 Å². The standard InChI is InChI=1S/C12H14BrN3O/c1-3-11(17)9-7-16(15-14-9)10-6-4-5-8(2)12(10)13/h4-7,11,17H,3H2,1-2H3. The van der Waals surface area contributed by atoms with Gasteiger partial charge in [0.1, 0.15) is 5.69 Å². The maximum Gasteiger partial charge on any atom is 0.112 e. The molecule has 0 aliphatic heterocycles. The van der Waals surface area contributed by atoms with Crippen LogP contribution in [0.5, 0.6) is 0 Å². The van der Waals surface area contributed by atoms with Gasteiger partial charge < -0.3 is 5.11 Å². The lowest BCUT2D eigenvalue weighted by Gasteiger charge is -2.05. The molecule has 2 aromatic rings. The van der Waals surface area contributed by atoms with Gasteiger partial charge in [-0.2, -0.15) is 0 Å². The molecule has 5 heteroatoms. The molecule has 1 atom stereocenters. The molecule has 1 aromatic heterocycles. The van der Waals surface area contributed by atoms with E-state index in [9.17, 15) is 5.11 Å². The third kappa shape index (κ3) is 2.40. The van der Waals surface area contributed by atoms with Crippen LogP contribution >= 0.6 is 15.9 Å². The number of aryl methyl sites for hydroxylation is 1. The fraction of sp³-hybridized carbons (Fsp3) is 0.333. The lowest BCUT2D eigenvalue weighted by atomic mass is 10.2. The number of benzene rings is 1. The summed E-state index contributed by atoms with van der Waals surface area (Å²) in [5.74, 6) is 0. The molecule has 0 aliphatic rings. The molecule has 2 rings (SSSR count). The van der Waals surface area contributed by atoms with Crippen LogP contribution in [-0.4, -0.2) is 20.1 Å². The van der Waals surface area contributed by atoms with E-state index in [-0.39, 0.29) is 0 Å². The van der Waals surface area contributed by atoms with Gasteiger partial charge in [-0.25, -0.2) is 4.68 Å². The molecule has 1 N–H and O–H groups in total. The molecule has 1 heterocycles. The van der Waals surface area contributed by atoms with Gasteiger partial charge in [0.2, 0.25) is 0 Å². The molecule has 0 fully saturated rings. The van der Waals surface area contributed by atoms with Gasteiger partial charge in [-0.05, 0) is 40.9 Å². The fourth-order valence-corrected chi connectivity index (χ4v) is 2.01. The van der Waals surface area contributed by atoms with Crippen LogP contribution in [0.4, 0.5) is 0 Å². The van der Waals surface area contributed by atoms with Crippen LogP contribution in [0, 0.1) is 6.92 Å². The van der Waals surface area contributed by atoms with Crippen LogP contribution in [0.2, 0.25) is 0 Å². The third-order valence-corrected chi connectivity index (χ3v) is 3.69. The molecule has 4 nitrogen and oxygen atoms in total. The van der Waals surface area contributed by atoms with E-state index in [1.165, 1.54) is 0 Å². The van der Waals surface area contributed by atoms with Crippen molar-refractivity contribution in [1.29, 1.82) is 0 Å². The summed E-state index contributed by atoms with van der Waals surface area (Å²) in [5.41, 5.74) is 2.66. The van der Waals surface area contributed by atoms with Crippen molar-refractivity contribution in [2.24, 2.45) is 0 Å². The molecule has 0 bridgehead atoms. The van der Waals surface area contributed by atoms with Crippen molar-refractivity contribution in [3.8, 4) is 5.69 Å². The summed E-state index contributed by atoms with van der Waals surface area (Å²) in [4.78, 5) is 0. The van der Waals surface area contributed by atoms with E-state index in [0.717, 1.165) is 15.7 Å². The van der Waals surface area contributed by atoms with Gasteiger partial charge in [0, 0.05) is 4.47 Å². The number of rotatable bonds is 3. The largest absolute Gasteiger partial charge is 0.387 e. The third-order valence-electron chi connectivity index (χ3n) is 2.66. The molecule has 0 saturated heterocycles. The Morgan fingerprint density at radius 2 is 2.24 bits per heavy atom. The molecule has 0 aliphatic carbocycles. The summed E-state index contributed by atoms with van der Waals surface area (Å²) >= 11 is 3.53. The summed E-state index contributed by atoms with van der Waals surface area (Å²) in [6, 6.07) is 5.94. The smallest absolute Gasteiger partial charge is 0.112 e. The molecule has 0 radical (unpaired) electrons. The minimum Gasteiger partial charge on any atom is -0.387 e. The highest BCUT2D eigenvalue weighted by atomic mass is 79.9. The predicted octanol–water partition coefficient (Wildman–Crippen LogP) is 2.78. The zero-order valence-corrected chi connectivity index (χ0v) is 11.3. The molecule has 17 heavy (non-hydrogen) atoms. The monoisotopic (exact) mass is 295 g/mol. The Hall–Kier alpha value is -1.20. The van der Waals surface area contributed by atoms with Crippen molar-refractivity contribution in [2.75, 3.05) is 0 Å². The predicted molar refractivity (Wildman–Crippen MR) is 69.0 cm³/mol. The van der Waals surface area contributed by atoms with E-state index in [1.54, 1.807) is 10.9 Å². The first-order chi connectivity index (χ1) is 8.13. The number of aliphatic hydroxyl groups is 1. The van der Waals surface area contributed by atoms with E-state index in [1.807, 2.05) is 32.0 Å². The lowest BCUT2D eigenvalue weighted by molar-refractivity contribution is 0.169. The van der Waals surface area contributed by atoms with Crippen LogP contribution in [0.1, 0.15) is 30.7 Å². The number of aliphatic hydroxyl groups excluding tert-OH is 1. The molecule has 0 amide bonds. The SMILES string of the molecule is CCC(O)c1cn(-c2cccc(C)c2Br)nn1. The van der Waals surface area contributed by atoms with E-state index in [2.05, 4.69) is 26.2 Å². The zero-order chi connectivity index (χ0) is 12.4. The molecule has 90 valence electrons. The van der Waals surface area contributed by atoms with Crippen molar-refractivity contribution >= 4 is 15.9 Å². The number of hydrogen-bond acceptors (Lipinski definition) is 3. The lowest BCUT2D eigenvalue weighted by Crippen LogP contribution is -1.97. The summed E-state index contributed by atoms with van der Waals surface area (Å²) in [6.07, 6.45) is 1.84. The highest BCUT2D eigenvalue weighted by Gasteiger charge is 2.12. The minimum atomic E-state index is -0.549. The summed E-state index contributed by atoms with van der Waals surface area (Å²) in [6.45, 7) is 3.93. The maximum atomic E-state index is 9.69. The van der Waals surface area contributed by atoms with Gasteiger partial charge in [-0.15, -0.1) is 5.10 Å². The number of aromatic nitrogens is 3. The van der Waals surface area contributed by atoms with Crippen molar-refractivity contribution in [1.82, 2.24) is 15.0 Å². The van der Waals surface area contributed by atoms with Crippen LogP contribution in [-0.2, 0) is 0 Å². The Morgan fingerprint density at radius 3 is 2.94 bits per heavy atom. The molecule has 1 aromatic carbocycles. The summed E-state index contributed by atoms with van der Waals surface area (Å²) in [5, 5.41) is 17.7. The quantitative estimate of drug-likeness (QED) is 0.947. The van der Waals surface area contributed by atoms with E-state index >= 15 is 0 Å². The highest BCUT2D eigenvalue weighted by molar-refractivity contribution is 9.10. The number of nitrogens with zero attached hydrogens (tertiary/aromatic N) is 3. The Bertz CT molecular complexity index is 524. The second-order valence-corrected chi connectivity index (χ2v) is 4.71. The average molecular weight is 296 g/mol. The fourth-order valence-electron chi connectivity index (χ4n) is 1.57. The Balaban J connectivity index is 2.40. The Kier molecular flexibility index (Phi) is 3.59. The molecular weight excluding hydrogens is 282 g/mol. The Morgan fingerprint density at radius 1 is 1.47 bits per heavy atom. The topological polar surface area (TPSA) is 50.9 Å². The van der Waals surface area contributed by atoms with Crippen LogP contribution in [0.15, 0.2) is 28.9 Å². The molecular formula is C12H14BrN3O.